The van der Waals surface area contributed by atoms with Crippen molar-refractivity contribution < 1.29 is 264 Å². The maximum Gasteiger partial charge on any atom is 0.397 e. The van der Waals surface area contributed by atoms with Crippen molar-refractivity contribution >= 4 is 111 Å². The molecule has 70 heteroatoms. The van der Waals surface area contributed by atoms with Gasteiger partial charge in [-0.25, -0.2) is 39.5 Å². The van der Waals surface area contributed by atoms with E-state index >= 15 is 0 Å². The van der Waals surface area contributed by atoms with Crippen molar-refractivity contribution in [2.45, 2.75) is 184 Å². The summed E-state index contributed by atoms with van der Waals surface area (Å²) in [6.07, 6.45) is -82.6. The normalized spacial score (nSPS) is 39.4. The highest BCUT2D eigenvalue weighted by Gasteiger charge is 2.62. The second kappa shape index (κ2) is 34.4. The van der Waals surface area contributed by atoms with Gasteiger partial charge in [-0.05, 0) is 0 Å². The van der Waals surface area contributed by atoms with Crippen LogP contribution in [0.25, 0.3) is 0 Å². The molecule has 0 aromatic carbocycles. The Balaban J connectivity index is 1.41. The highest BCUT2D eigenvalue weighted by molar-refractivity contribution is 7.84. The van der Waals surface area contributed by atoms with E-state index in [-0.39, 0.29) is 0 Å². The molecule has 6 fully saturated rings. The summed E-state index contributed by atoms with van der Waals surface area (Å²) in [5.74, 6) is -7.39. The Morgan fingerprint density at radius 2 is 0.538 bits per heavy atom. The predicted octanol–water partition coefficient (Wildman–Crippen LogP) is -16.7. The van der Waals surface area contributed by atoms with Gasteiger partial charge in [-0.15, -0.1) is 0 Å². The summed E-state index contributed by atoms with van der Waals surface area (Å²) in [7, 11) is -53.6. The molecule has 6 heterocycles. The summed E-state index contributed by atoms with van der Waals surface area (Å²) in [6.45, 7) is -5.60. The number of carboxylic acids is 3. The number of aliphatic hydroxyl groups is 8. The van der Waals surface area contributed by atoms with E-state index in [0.717, 1.165) is 9.44 Å². The number of carbonyl (C=O) groups is 3. The Hall–Kier alpha value is -3.52. The Morgan fingerprint density at radius 1 is 0.283 bits per heavy atom. The smallest absolute Gasteiger partial charge is 0.397 e. The molecule has 0 radical (unpaired) electrons. The van der Waals surface area contributed by atoms with Crippen LogP contribution in [0.15, 0.2) is 0 Å². The summed E-state index contributed by atoms with van der Waals surface area (Å²) in [4.78, 5) is 38.1. The van der Waals surface area contributed by atoms with Crippen molar-refractivity contribution in [2.24, 2.45) is 0 Å². The molecule has 0 aromatic heterocycles. The minimum Gasteiger partial charge on any atom is -0.479 e. The molecule has 0 bridgehead atoms. The van der Waals surface area contributed by atoms with Crippen molar-refractivity contribution in [3.8, 4) is 0 Å². The van der Waals surface area contributed by atoms with Crippen LogP contribution in [0.3, 0.4) is 0 Å². The Labute approximate surface area is 591 Å². The number of ether oxygens (including phenoxy) is 11. The van der Waals surface area contributed by atoms with Gasteiger partial charge in [-0.3, -0.25) is 41.0 Å². The largest absolute Gasteiger partial charge is 0.479 e. The van der Waals surface area contributed by atoms with Gasteiger partial charge in [0.05, 0.1) is 19.8 Å². The van der Waals surface area contributed by atoms with Crippen LogP contribution in [0.2, 0.25) is 0 Å². The predicted molar refractivity (Wildman–Crippen MR) is 301 cm³/mol. The summed E-state index contributed by atoms with van der Waals surface area (Å²) < 4.78 is 391. The van der Waals surface area contributed by atoms with Crippen LogP contribution in [0.5, 0.6) is 0 Å². The number of nitrogens with one attached hydrogen (secondary N) is 3. The van der Waals surface area contributed by atoms with Crippen LogP contribution < -0.4 is 14.2 Å². The van der Waals surface area contributed by atoms with E-state index in [9.17, 15) is 187 Å². The summed E-state index contributed by atoms with van der Waals surface area (Å²) in [5.41, 5.74) is 0. The topological polar surface area (TPSA) is 956 Å². The third-order valence-corrected chi connectivity index (χ3v) is 18.9. The maximum atomic E-state index is 13.2. The molecule has 0 amide bonds. The van der Waals surface area contributed by atoms with Gasteiger partial charge in [0, 0.05) is 0 Å². The van der Waals surface area contributed by atoms with Crippen molar-refractivity contribution in [1.82, 2.24) is 14.2 Å². The zero-order chi connectivity index (χ0) is 80.8. The van der Waals surface area contributed by atoms with Crippen molar-refractivity contribution in [3.05, 3.63) is 0 Å². The first-order valence-electron chi connectivity index (χ1n) is 27.3. The zero-order valence-electron chi connectivity index (χ0n) is 50.6. The van der Waals surface area contributed by atoms with Crippen molar-refractivity contribution in [2.75, 3.05) is 19.8 Å². The SMILES string of the molecule is O=C(O)[C@@H]1O[C@@H](O[C@H]2[C@H](O)[C@@H](NS(=O)(=O)O)[C@@H](O[C@H]3[C@H](O)[C@@H](OS(=O)(=O)O)[C@H](O[C@H]4[C@H](O)[C@@H](NS(=O)(=O)O)[C@@H](O[C@H]5[C@H](O)[C@@H](OS(=O)(=O)O)[C@H](O[C@H]6[C@H](O)[C@@H](NS(=O)(=O)O)[C@@H](O)O[C@@H]6COS(=O)(=O)O)O[C@H]5C(=O)O)O[C@@H]4COS(=O)(=O)O)O[C@H]3C(=O)O)O[C@@H]2COS(=O)(=O)O)[C@H](OS(=O)(=O)O)[C@@H](O)[C@@H]1O. The molecule has 620 valence electrons. The van der Waals surface area contributed by atoms with E-state index in [2.05, 4.69) is 25.1 Å². The van der Waals surface area contributed by atoms with E-state index in [4.69, 9.17) is 52.1 Å². The lowest BCUT2D eigenvalue weighted by atomic mass is 9.94. The minimum atomic E-state index is -6.35. The standard InChI is InChI=1S/C36H59N3O58S9/c40-10-7(37-98(54,55)56)31(53)84-4(1-81-101(63,64)65)17(10)87-35-24(96-105(75,76)77)15(45)20(26(93-35)29(49)50)90-33-9(39-100(60,61)62)12(42)19(6(86-33)3-83-103(69,70)71)89-36-25(97-106(78,79)80)16(46)21(27(94-36)30(51)52)91-32-8(38-99(57,58)59)11(41)18(5(85-32)2-82-102(66,67)68)88-34-23(95-104(72,73)74)14(44)13(43)22(92-34)28(47)48/h4-27,31-46,53H,1-3H2,(H,47,48)(H,49,50)(H,51,52)(H,54,55,56)(H,57,58,59)(H,60,61,62)(H,63,64,65)(H,66,67,68)(H,69,70,71)(H,72,73,74)(H,75,76,77)(H,78,79,80)/t4-,5-,6-,7-,8-,9-,10-,11-,12-,13+,14+,15+,16+,17-,18-,19-,20+,21+,22-,23-,24-,25-,26-,27-,31+,32-,33-,34-,35-,36-/m1/s1. The summed E-state index contributed by atoms with van der Waals surface area (Å²) in [5, 5.41) is 121. The molecule has 61 nitrogen and oxygen atoms in total. The molecule has 23 N–H and O–H groups in total. The van der Waals surface area contributed by atoms with Gasteiger partial charge in [0.1, 0.15) is 110 Å². The van der Waals surface area contributed by atoms with E-state index in [1.807, 2.05) is 0 Å². The molecule has 30 atom stereocenters. The fraction of sp³-hybridized carbons (Fsp3) is 0.917. The van der Waals surface area contributed by atoms with Gasteiger partial charge >= 0.3 is 111 Å². The molecule has 6 aliphatic heterocycles. The Kier molecular flexibility index (Phi) is 29.7. The number of rotatable bonds is 34. The minimum absolute atomic E-state index is 1.11. The highest BCUT2D eigenvalue weighted by Crippen LogP contribution is 2.40. The molecule has 0 saturated carbocycles. The number of carboxylic acid groups (broad SMARTS) is 3. The van der Waals surface area contributed by atoms with Gasteiger partial charge in [-0.1, -0.05) is 0 Å². The molecule has 6 saturated heterocycles. The Morgan fingerprint density at radius 3 is 0.811 bits per heavy atom. The zero-order valence-corrected chi connectivity index (χ0v) is 57.9. The average molecular weight is 1750 g/mol. The van der Waals surface area contributed by atoms with Crippen LogP contribution >= 0.6 is 0 Å². The molecule has 0 unspecified atom stereocenters. The summed E-state index contributed by atoms with van der Waals surface area (Å²) >= 11 is 0. The van der Waals surface area contributed by atoms with Gasteiger partial charge in [0.15, 0.2) is 74.4 Å². The number of hydrogen-bond acceptors (Lipinski definition) is 46. The average Bonchev–Trinajstić information content (AvgIpc) is 0.763. The van der Waals surface area contributed by atoms with Gasteiger partial charge in [0.2, 0.25) is 0 Å². The second-order valence-corrected chi connectivity index (χ2v) is 31.8. The summed E-state index contributed by atoms with van der Waals surface area (Å²) in [6, 6.07) is -8.82. The van der Waals surface area contributed by atoms with Gasteiger partial charge in [0.25, 0.3) is 0 Å². The van der Waals surface area contributed by atoms with E-state index in [0.29, 0.717) is 0 Å². The third-order valence-electron chi connectivity index (χ3n) is 14.5. The number of aliphatic hydroxyl groups excluding tert-OH is 8. The first-order valence-corrected chi connectivity index (χ1v) is 39.8. The van der Waals surface area contributed by atoms with Crippen LogP contribution in [-0.4, -0.2) is 395 Å². The Bertz CT molecular complexity index is 4190. The van der Waals surface area contributed by atoms with E-state index < -0.39 is 315 Å². The molecule has 0 aromatic rings. The lowest BCUT2D eigenvalue weighted by molar-refractivity contribution is -0.375. The molecule has 0 spiro atoms. The molecule has 106 heavy (non-hydrogen) atoms. The molecular formula is C36H59N3O58S9. The highest BCUT2D eigenvalue weighted by atomic mass is 32.3. The maximum absolute atomic E-state index is 13.2. The van der Waals surface area contributed by atoms with Gasteiger partial charge in [-0.2, -0.15) is 89.9 Å². The first-order chi connectivity index (χ1) is 47.9. The third kappa shape index (κ3) is 25.8. The quantitative estimate of drug-likeness (QED) is 0.0266. The van der Waals surface area contributed by atoms with Crippen LogP contribution in [0.1, 0.15) is 0 Å². The van der Waals surface area contributed by atoms with E-state index in [1.54, 1.807) is 0 Å². The van der Waals surface area contributed by atoms with Crippen LogP contribution in [0, 0.1) is 0 Å². The van der Waals surface area contributed by atoms with E-state index in [1.165, 1.54) is 4.72 Å². The van der Waals surface area contributed by atoms with Crippen molar-refractivity contribution in [1.29, 1.82) is 0 Å². The second-order valence-electron chi connectivity index (χ2n) is 21.8. The molecule has 6 rings (SSSR count). The fourth-order valence-corrected chi connectivity index (χ4v) is 14.7. The molecular weight excluding hydrogens is 1690 g/mol. The lowest BCUT2D eigenvalue weighted by Crippen LogP contribution is -2.71. The number of aliphatic carboxylic acids is 3. The fourth-order valence-electron chi connectivity index (χ4n) is 10.5. The number of hydrogen-bond donors (Lipinski definition) is 23. The van der Waals surface area contributed by atoms with Gasteiger partial charge < -0.3 is 108 Å². The molecule has 0 aliphatic carbocycles. The first kappa shape index (κ1) is 91.4. The van der Waals surface area contributed by atoms with Crippen LogP contribution in [-0.2, 0) is 185 Å². The van der Waals surface area contributed by atoms with Crippen LogP contribution in [0.4, 0.5) is 0 Å². The van der Waals surface area contributed by atoms with Crippen molar-refractivity contribution in [3.63, 3.8) is 0 Å². The molecule has 6 aliphatic rings. The lowest BCUT2D eigenvalue weighted by Gasteiger charge is -2.50. The monoisotopic (exact) mass is 1750 g/mol.